The Morgan fingerprint density at radius 1 is 1.14 bits per heavy atom. The van der Waals surface area contributed by atoms with Crippen LogP contribution in [0.4, 0.5) is 5.69 Å². The maximum absolute atomic E-state index is 13.0. The van der Waals surface area contributed by atoms with E-state index < -0.39 is 12.1 Å². The minimum atomic E-state index is -0.537. The van der Waals surface area contributed by atoms with Crippen molar-refractivity contribution in [1.29, 1.82) is 0 Å². The van der Waals surface area contributed by atoms with Crippen LogP contribution in [-0.2, 0) is 19.1 Å². The molecule has 4 atom stereocenters. The van der Waals surface area contributed by atoms with Crippen LogP contribution in [0.2, 0.25) is 0 Å². The van der Waals surface area contributed by atoms with Crippen molar-refractivity contribution >= 4 is 29.2 Å². The molecule has 1 aromatic rings. The summed E-state index contributed by atoms with van der Waals surface area (Å²) in [6.07, 6.45) is 2.69. The monoisotopic (exact) mass is 484 g/mol. The Bertz CT molecular complexity index is 957. The first-order valence-corrected chi connectivity index (χ1v) is 12.6. The molecule has 3 heterocycles. The fourth-order valence-electron chi connectivity index (χ4n) is 5.31. The second-order valence-corrected chi connectivity index (χ2v) is 10.1. The van der Waals surface area contributed by atoms with E-state index in [0.717, 1.165) is 12.1 Å². The fraction of sp³-hybridized carbons (Fsp3) is 0.615. The van der Waals surface area contributed by atoms with E-state index in [2.05, 4.69) is 5.32 Å². The molecule has 3 saturated heterocycles. The van der Waals surface area contributed by atoms with Crippen molar-refractivity contribution in [2.24, 2.45) is 5.92 Å². The van der Waals surface area contributed by atoms with Gasteiger partial charge in [-0.15, -0.1) is 0 Å². The van der Waals surface area contributed by atoms with Gasteiger partial charge in [0.1, 0.15) is 12.1 Å². The first kappa shape index (κ1) is 25.2. The van der Waals surface area contributed by atoms with Gasteiger partial charge in [0.2, 0.25) is 5.91 Å². The second-order valence-electron chi connectivity index (χ2n) is 10.1. The van der Waals surface area contributed by atoms with Gasteiger partial charge in [0.05, 0.1) is 12.6 Å². The molecule has 0 bridgehead atoms. The van der Waals surface area contributed by atoms with E-state index in [-0.39, 0.29) is 42.0 Å². The average Bonchev–Trinajstić information content (AvgIpc) is 3.57. The minimum Gasteiger partial charge on any atom is -0.378 e. The van der Waals surface area contributed by atoms with Crippen molar-refractivity contribution in [2.75, 3.05) is 45.2 Å². The minimum absolute atomic E-state index is 0.0547. The number of hydrogen-bond donors (Lipinski definition) is 1. The lowest BCUT2D eigenvalue weighted by molar-refractivity contribution is -0.142. The molecule has 0 radical (unpaired) electrons. The van der Waals surface area contributed by atoms with E-state index in [1.165, 1.54) is 0 Å². The normalized spacial score (nSPS) is 24.4. The molecule has 9 nitrogen and oxygen atoms in total. The molecular formula is C26H36N4O5. The van der Waals surface area contributed by atoms with E-state index in [9.17, 15) is 19.2 Å². The number of nitrogens with zero attached hydrogens (tertiary/aromatic N) is 3. The summed E-state index contributed by atoms with van der Waals surface area (Å²) in [7, 11) is 3.90. The Hall–Kier alpha value is -2.94. The van der Waals surface area contributed by atoms with Crippen molar-refractivity contribution in [2.45, 2.75) is 57.2 Å². The van der Waals surface area contributed by atoms with Crippen LogP contribution in [0, 0.1) is 5.92 Å². The number of fused-ring (bicyclic) bond motifs is 1. The molecule has 4 unspecified atom stereocenters. The predicted molar refractivity (Wildman–Crippen MR) is 131 cm³/mol. The van der Waals surface area contributed by atoms with Crippen LogP contribution >= 0.6 is 0 Å². The number of ether oxygens (including phenoxy) is 1. The molecule has 4 rings (SSSR count). The third kappa shape index (κ3) is 5.50. The van der Waals surface area contributed by atoms with Gasteiger partial charge in [-0.2, -0.15) is 0 Å². The third-order valence-corrected chi connectivity index (χ3v) is 7.32. The van der Waals surface area contributed by atoms with E-state index in [4.69, 9.17) is 4.74 Å². The quantitative estimate of drug-likeness (QED) is 0.600. The van der Waals surface area contributed by atoms with Gasteiger partial charge >= 0.3 is 0 Å². The number of likely N-dealkylation sites (tertiary alicyclic amines) is 2. The Morgan fingerprint density at radius 2 is 1.89 bits per heavy atom. The molecule has 35 heavy (non-hydrogen) atoms. The highest BCUT2D eigenvalue weighted by Crippen LogP contribution is 2.32. The van der Waals surface area contributed by atoms with Gasteiger partial charge in [-0.25, -0.2) is 0 Å². The highest BCUT2D eigenvalue weighted by Gasteiger charge is 2.52. The smallest absolute Gasteiger partial charge is 0.252 e. The molecule has 3 fully saturated rings. The van der Waals surface area contributed by atoms with Gasteiger partial charge in [-0.3, -0.25) is 19.2 Å². The fourth-order valence-corrected chi connectivity index (χ4v) is 5.31. The third-order valence-electron chi connectivity index (χ3n) is 7.32. The largest absolute Gasteiger partial charge is 0.378 e. The molecular weight excluding hydrogens is 448 g/mol. The van der Waals surface area contributed by atoms with E-state index >= 15 is 0 Å². The van der Waals surface area contributed by atoms with Gasteiger partial charge in [-0.1, -0.05) is 6.92 Å². The first-order valence-electron chi connectivity index (χ1n) is 12.6. The maximum Gasteiger partial charge on any atom is 0.252 e. The number of nitrogens with one attached hydrogen (secondary N) is 1. The molecule has 9 heteroatoms. The van der Waals surface area contributed by atoms with E-state index in [0.29, 0.717) is 50.9 Å². The van der Waals surface area contributed by atoms with Crippen molar-refractivity contribution in [1.82, 2.24) is 15.1 Å². The number of hydrogen-bond acceptors (Lipinski definition) is 6. The van der Waals surface area contributed by atoms with Gasteiger partial charge in [-0.05, 0) is 55.9 Å². The average molecular weight is 485 g/mol. The topological polar surface area (TPSA) is 99.3 Å². The number of carbonyl (C=O) groups is 4. The van der Waals surface area contributed by atoms with Crippen molar-refractivity contribution in [3.63, 3.8) is 0 Å². The summed E-state index contributed by atoms with van der Waals surface area (Å²) in [6, 6.07) is 6.62. The molecule has 0 saturated carbocycles. The lowest BCUT2D eigenvalue weighted by Gasteiger charge is -2.26. The zero-order chi connectivity index (χ0) is 25.1. The molecule has 3 aliphatic heterocycles. The summed E-state index contributed by atoms with van der Waals surface area (Å²) in [4.78, 5) is 56.3. The Labute approximate surface area is 206 Å². The van der Waals surface area contributed by atoms with E-state index in [1.54, 1.807) is 21.9 Å². The van der Waals surface area contributed by atoms with Gasteiger partial charge in [0.15, 0.2) is 5.78 Å². The number of rotatable bonds is 8. The van der Waals surface area contributed by atoms with Crippen LogP contribution in [0.5, 0.6) is 0 Å². The van der Waals surface area contributed by atoms with Gasteiger partial charge in [0.25, 0.3) is 11.8 Å². The summed E-state index contributed by atoms with van der Waals surface area (Å²) in [5.74, 6) is -0.316. The summed E-state index contributed by atoms with van der Waals surface area (Å²) >= 11 is 0. The summed E-state index contributed by atoms with van der Waals surface area (Å²) < 4.78 is 5.52. The number of carbonyl (C=O) groups excluding carboxylic acids is 4. The molecule has 1 N–H and O–H groups in total. The van der Waals surface area contributed by atoms with Gasteiger partial charge < -0.3 is 24.8 Å². The Balaban J connectivity index is 1.24. The molecule has 0 spiro atoms. The van der Waals surface area contributed by atoms with Crippen LogP contribution in [0.25, 0.3) is 0 Å². The molecule has 190 valence electrons. The predicted octanol–water partition coefficient (Wildman–Crippen LogP) is 1.46. The van der Waals surface area contributed by atoms with Crippen molar-refractivity contribution in [3.8, 4) is 0 Å². The summed E-state index contributed by atoms with van der Waals surface area (Å²) in [5.41, 5.74) is 1.63. The van der Waals surface area contributed by atoms with Crippen LogP contribution < -0.4 is 10.2 Å². The SMILES string of the molecule is CC(CCNC(=O)c1ccc(N(C)C)cc1)CC(=O)N1CCC2C1C(=O)CN2C(=O)C1CCCO1. The summed E-state index contributed by atoms with van der Waals surface area (Å²) in [6.45, 7) is 3.58. The van der Waals surface area contributed by atoms with Crippen molar-refractivity contribution < 1.29 is 23.9 Å². The van der Waals surface area contributed by atoms with Crippen molar-refractivity contribution in [3.05, 3.63) is 29.8 Å². The number of Topliss-reactive ketones (excluding diaryl/α,β-unsaturated/α-hetero) is 1. The number of ketones is 1. The molecule has 3 aliphatic rings. The maximum atomic E-state index is 13.0. The van der Waals surface area contributed by atoms with Crippen LogP contribution in [0.3, 0.4) is 0 Å². The van der Waals surface area contributed by atoms with Crippen LogP contribution in [0.15, 0.2) is 24.3 Å². The molecule has 0 aromatic heterocycles. The molecule has 3 amide bonds. The molecule has 1 aromatic carbocycles. The first-order chi connectivity index (χ1) is 16.8. The van der Waals surface area contributed by atoms with E-state index in [1.807, 2.05) is 38.1 Å². The highest BCUT2D eigenvalue weighted by molar-refractivity contribution is 5.98. The zero-order valence-electron chi connectivity index (χ0n) is 20.9. The second kappa shape index (κ2) is 10.8. The zero-order valence-corrected chi connectivity index (χ0v) is 20.9. The number of amides is 3. The highest BCUT2D eigenvalue weighted by atomic mass is 16.5. The van der Waals surface area contributed by atoms with Gasteiger partial charge in [0, 0.05) is 51.5 Å². The number of benzene rings is 1. The standard InChI is InChI=1S/C26H36N4O5/c1-17(10-12-27-25(33)18-6-8-19(9-7-18)28(2)3)15-23(32)29-13-11-20-24(29)21(31)16-30(20)26(34)22-5-4-14-35-22/h6-9,17,20,22,24H,4-5,10-16H2,1-3H3,(H,27,33). The Morgan fingerprint density at radius 3 is 2.54 bits per heavy atom. The van der Waals surface area contributed by atoms with Crippen LogP contribution in [0.1, 0.15) is 49.4 Å². The Kier molecular flexibility index (Phi) is 7.74. The number of anilines is 1. The summed E-state index contributed by atoms with van der Waals surface area (Å²) in [5, 5.41) is 2.92. The lowest BCUT2D eigenvalue weighted by Crippen LogP contribution is -2.45. The molecule has 0 aliphatic carbocycles. The lowest BCUT2D eigenvalue weighted by atomic mass is 10.0. The van der Waals surface area contributed by atoms with Crippen LogP contribution in [-0.4, -0.2) is 91.8 Å².